The van der Waals surface area contributed by atoms with Gasteiger partial charge < -0.3 is 9.88 Å². The lowest BCUT2D eigenvalue weighted by molar-refractivity contribution is -0.127. The third-order valence-corrected chi connectivity index (χ3v) is 5.53. The van der Waals surface area contributed by atoms with Gasteiger partial charge in [-0.25, -0.2) is 4.98 Å². The summed E-state index contributed by atoms with van der Waals surface area (Å²) >= 11 is 1.30. The molecule has 0 radical (unpaired) electrons. The van der Waals surface area contributed by atoms with Crippen molar-refractivity contribution in [3.63, 3.8) is 0 Å². The quantitative estimate of drug-likeness (QED) is 0.506. The summed E-state index contributed by atoms with van der Waals surface area (Å²) in [5.74, 6) is 0.307. The van der Waals surface area contributed by atoms with E-state index in [1.54, 1.807) is 4.90 Å². The highest BCUT2D eigenvalue weighted by Crippen LogP contribution is 2.23. The van der Waals surface area contributed by atoms with Gasteiger partial charge in [0.2, 0.25) is 11.1 Å². The Bertz CT molecular complexity index is 1120. The van der Waals surface area contributed by atoms with Gasteiger partial charge in [0.25, 0.3) is 0 Å². The highest BCUT2D eigenvalue weighted by atomic mass is 32.2. The molecule has 142 valence electrons. The molecule has 4 aromatic rings. The third-order valence-electron chi connectivity index (χ3n) is 4.70. The van der Waals surface area contributed by atoms with Crippen LogP contribution < -0.4 is 0 Å². The van der Waals surface area contributed by atoms with Gasteiger partial charge >= 0.3 is 0 Å². The number of aromatic amines is 1. The number of hydrogen-bond donors (Lipinski definition) is 1. The van der Waals surface area contributed by atoms with Gasteiger partial charge in [-0.3, -0.25) is 4.79 Å². The van der Waals surface area contributed by atoms with E-state index < -0.39 is 0 Å². The van der Waals surface area contributed by atoms with Crippen molar-refractivity contribution < 1.29 is 4.79 Å². The number of carbonyl (C=O) groups excluding carboxylic acids is 1. The highest BCUT2D eigenvalue weighted by Gasteiger charge is 2.13. The highest BCUT2D eigenvalue weighted by molar-refractivity contribution is 7.99. The summed E-state index contributed by atoms with van der Waals surface area (Å²) in [6.45, 7) is 2.72. The van der Waals surface area contributed by atoms with Crippen molar-refractivity contribution in [3.8, 4) is 0 Å². The van der Waals surface area contributed by atoms with Crippen LogP contribution in [0.15, 0.2) is 53.7 Å². The minimum atomic E-state index is 0.0323. The van der Waals surface area contributed by atoms with Crippen molar-refractivity contribution in [2.24, 2.45) is 0 Å². The van der Waals surface area contributed by atoms with Crippen LogP contribution in [-0.2, 0) is 17.8 Å². The van der Waals surface area contributed by atoms with Crippen molar-refractivity contribution in [2.45, 2.75) is 25.0 Å². The largest absolute Gasteiger partial charge is 0.341 e. The molecule has 0 aliphatic carbocycles. The number of amides is 1. The first kappa shape index (κ1) is 18.4. The molecule has 0 saturated heterocycles. The van der Waals surface area contributed by atoms with Gasteiger partial charge in [0, 0.05) is 24.5 Å². The van der Waals surface area contributed by atoms with Crippen LogP contribution in [0.2, 0.25) is 0 Å². The van der Waals surface area contributed by atoms with Crippen molar-refractivity contribution >= 4 is 39.7 Å². The lowest BCUT2D eigenvalue weighted by Crippen LogP contribution is -2.27. The number of para-hydroxylation sites is 1. The summed E-state index contributed by atoms with van der Waals surface area (Å²) in [5.41, 5.74) is 4.83. The molecule has 6 nitrogen and oxygen atoms in total. The second kappa shape index (κ2) is 7.98. The minimum Gasteiger partial charge on any atom is -0.341 e. The first-order valence-electron chi connectivity index (χ1n) is 9.19. The van der Waals surface area contributed by atoms with E-state index >= 15 is 0 Å². The topological polar surface area (TPSA) is 74.8 Å². The fourth-order valence-corrected chi connectivity index (χ4v) is 3.77. The maximum atomic E-state index is 12.5. The lowest BCUT2D eigenvalue weighted by atomic mass is 10.1. The van der Waals surface area contributed by atoms with Gasteiger partial charge in [-0.1, -0.05) is 61.2 Å². The van der Waals surface area contributed by atoms with Crippen molar-refractivity contribution in [1.82, 2.24) is 25.1 Å². The number of carbonyl (C=O) groups is 1. The maximum absolute atomic E-state index is 12.5. The Morgan fingerprint density at radius 1 is 1.07 bits per heavy atom. The Hall–Kier alpha value is -2.93. The van der Waals surface area contributed by atoms with Crippen LogP contribution in [0.25, 0.3) is 22.1 Å². The van der Waals surface area contributed by atoms with Gasteiger partial charge in [0.1, 0.15) is 5.52 Å². The first-order chi connectivity index (χ1) is 13.6. The normalized spacial score (nSPS) is 11.2. The number of thioether (sulfide) groups is 1. The molecule has 1 amide bonds. The number of H-pyrrole nitrogens is 1. The van der Waals surface area contributed by atoms with E-state index in [1.165, 1.54) is 17.3 Å². The maximum Gasteiger partial charge on any atom is 0.233 e. The fraction of sp³-hybridized carbons (Fsp3) is 0.238. The molecule has 0 unspecified atom stereocenters. The Morgan fingerprint density at radius 2 is 1.82 bits per heavy atom. The molecule has 0 spiro atoms. The Morgan fingerprint density at radius 3 is 2.61 bits per heavy atom. The van der Waals surface area contributed by atoms with E-state index in [0.717, 1.165) is 28.4 Å². The fourth-order valence-electron chi connectivity index (χ4n) is 3.05. The Labute approximate surface area is 167 Å². The zero-order valence-electron chi connectivity index (χ0n) is 15.8. The smallest absolute Gasteiger partial charge is 0.233 e. The number of nitrogens with one attached hydrogen (secondary N) is 1. The predicted octanol–water partition coefficient (Wildman–Crippen LogP) is 3.82. The molecule has 0 aliphatic heterocycles. The molecular formula is C21H21N5OS. The zero-order chi connectivity index (χ0) is 19.5. The lowest BCUT2D eigenvalue weighted by Gasteiger charge is -2.17. The van der Waals surface area contributed by atoms with Gasteiger partial charge in [-0.2, -0.15) is 0 Å². The van der Waals surface area contributed by atoms with Crippen molar-refractivity contribution in [2.75, 3.05) is 12.8 Å². The summed E-state index contributed by atoms with van der Waals surface area (Å²) < 4.78 is 0. The van der Waals surface area contributed by atoms with Gasteiger partial charge in [0.05, 0.1) is 5.75 Å². The molecule has 28 heavy (non-hydrogen) atoms. The second-order valence-corrected chi connectivity index (χ2v) is 7.61. The molecule has 0 bridgehead atoms. The molecular weight excluding hydrogens is 370 g/mol. The van der Waals surface area contributed by atoms with Crippen LogP contribution in [0.5, 0.6) is 0 Å². The van der Waals surface area contributed by atoms with E-state index in [2.05, 4.69) is 51.4 Å². The molecule has 0 aliphatic rings. The van der Waals surface area contributed by atoms with Crippen molar-refractivity contribution in [1.29, 1.82) is 0 Å². The summed E-state index contributed by atoms with van der Waals surface area (Å²) in [4.78, 5) is 22.0. The number of hydrogen-bond acceptors (Lipinski definition) is 5. The molecule has 0 saturated carbocycles. The standard InChI is InChI=1S/C21H21N5OS/c1-3-14-8-10-15(11-9-14)12-26(2)18(27)13-28-21-23-20-19(24-25-21)16-6-4-5-7-17(16)22-20/h4-11H,3,12-13H2,1-2H3,(H,22,23,25). The Balaban J connectivity index is 1.40. The van der Waals surface area contributed by atoms with E-state index in [0.29, 0.717) is 17.3 Å². The van der Waals surface area contributed by atoms with Crippen LogP contribution in [0.4, 0.5) is 0 Å². The van der Waals surface area contributed by atoms with E-state index in [9.17, 15) is 4.79 Å². The molecule has 2 heterocycles. The van der Waals surface area contributed by atoms with Gasteiger partial charge in [-0.15, -0.1) is 10.2 Å². The molecule has 2 aromatic carbocycles. The molecule has 1 N–H and O–H groups in total. The number of nitrogens with zero attached hydrogens (tertiary/aromatic N) is 4. The molecule has 4 rings (SSSR count). The molecule has 2 aromatic heterocycles. The molecule has 7 heteroatoms. The van der Waals surface area contributed by atoms with E-state index in [1.807, 2.05) is 31.3 Å². The van der Waals surface area contributed by atoms with Gasteiger partial charge in [0.15, 0.2) is 5.65 Å². The SMILES string of the molecule is CCc1ccc(CN(C)C(=O)CSc2nnc3c(n2)[nH]c2ccccc23)cc1. The molecule has 0 fully saturated rings. The summed E-state index contributed by atoms with van der Waals surface area (Å²) in [7, 11) is 1.82. The van der Waals surface area contributed by atoms with Gasteiger partial charge in [-0.05, 0) is 23.6 Å². The summed E-state index contributed by atoms with van der Waals surface area (Å²) in [6, 6.07) is 16.3. The number of rotatable bonds is 6. The first-order valence-corrected chi connectivity index (χ1v) is 10.2. The monoisotopic (exact) mass is 391 g/mol. The number of aromatic nitrogens is 4. The number of benzene rings is 2. The van der Waals surface area contributed by atoms with Crippen LogP contribution >= 0.6 is 11.8 Å². The van der Waals surface area contributed by atoms with Crippen LogP contribution in [-0.4, -0.2) is 43.8 Å². The van der Waals surface area contributed by atoms with E-state index in [4.69, 9.17) is 0 Å². The number of fused-ring (bicyclic) bond motifs is 3. The average Bonchev–Trinajstić information content (AvgIpc) is 3.10. The summed E-state index contributed by atoms with van der Waals surface area (Å²) in [6.07, 6.45) is 1.01. The number of aryl methyl sites for hydroxylation is 1. The van der Waals surface area contributed by atoms with Crippen LogP contribution in [0.1, 0.15) is 18.1 Å². The minimum absolute atomic E-state index is 0.0323. The van der Waals surface area contributed by atoms with Crippen LogP contribution in [0.3, 0.4) is 0 Å². The van der Waals surface area contributed by atoms with E-state index in [-0.39, 0.29) is 11.7 Å². The average molecular weight is 392 g/mol. The second-order valence-electron chi connectivity index (χ2n) is 6.67. The molecule has 0 atom stereocenters. The van der Waals surface area contributed by atoms with Crippen molar-refractivity contribution in [3.05, 3.63) is 59.7 Å². The summed E-state index contributed by atoms with van der Waals surface area (Å²) in [5, 5.41) is 9.95. The zero-order valence-corrected chi connectivity index (χ0v) is 16.7. The third kappa shape index (κ3) is 3.84. The Kier molecular flexibility index (Phi) is 5.25. The predicted molar refractivity (Wildman–Crippen MR) is 112 cm³/mol. The van der Waals surface area contributed by atoms with Crippen LogP contribution in [0, 0.1) is 0 Å².